The minimum atomic E-state index is 0.0425. The van der Waals surface area contributed by atoms with Crippen molar-refractivity contribution in [2.75, 3.05) is 0 Å². The summed E-state index contributed by atoms with van der Waals surface area (Å²) in [7, 11) is 0. The largest absolute Gasteiger partial charge is 0.318 e. The molecule has 3 rings (SSSR count). The second kappa shape index (κ2) is 8.23. The van der Waals surface area contributed by atoms with E-state index in [1.807, 2.05) is 33.8 Å². The molecule has 2 heterocycles. The SMILES string of the molecule is Cc1cccc(-n2c(C)cc(/C=C3/SC(=NC(C)C)N(C(C)C)C3=O)c2C)c1C. The van der Waals surface area contributed by atoms with Crippen molar-refractivity contribution in [3.63, 3.8) is 0 Å². The van der Waals surface area contributed by atoms with Gasteiger partial charge in [0.2, 0.25) is 0 Å². The van der Waals surface area contributed by atoms with Crippen LogP contribution in [0.1, 0.15) is 55.8 Å². The van der Waals surface area contributed by atoms with Gasteiger partial charge >= 0.3 is 0 Å². The Hall–Kier alpha value is -2.27. The number of rotatable bonds is 4. The van der Waals surface area contributed by atoms with Crippen molar-refractivity contribution in [3.05, 3.63) is 57.2 Å². The van der Waals surface area contributed by atoms with Crippen molar-refractivity contribution in [1.29, 1.82) is 0 Å². The van der Waals surface area contributed by atoms with E-state index in [0.717, 1.165) is 27.0 Å². The Morgan fingerprint density at radius 2 is 1.76 bits per heavy atom. The molecule has 0 unspecified atom stereocenters. The molecular formula is C24H31N3OS. The van der Waals surface area contributed by atoms with E-state index in [-0.39, 0.29) is 18.0 Å². The Labute approximate surface area is 178 Å². The summed E-state index contributed by atoms with van der Waals surface area (Å²) in [6.45, 7) is 16.7. The number of aromatic nitrogens is 1. The lowest BCUT2D eigenvalue weighted by Crippen LogP contribution is -2.35. The zero-order valence-electron chi connectivity index (χ0n) is 18.7. The Kier molecular flexibility index (Phi) is 6.08. The summed E-state index contributed by atoms with van der Waals surface area (Å²) >= 11 is 1.48. The summed E-state index contributed by atoms with van der Waals surface area (Å²) in [6.07, 6.45) is 2.02. The van der Waals surface area contributed by atoms with E-state index in [1.54, 1.807) is 4.90 Å². The van der Waals surface area contributed by atoms with Crippen LogP contribution in [0.3, 0.4) is 0 Å². The third kappa shape index (κ3) is 4.06. The minimum absolute atomic E-state index is 0.0425. The van der Waals surface area contributed by atoms with Gasteiger partial charge in [-0.05, 0) is 102 Å². The predicted octanol–water partition coefficient (Wildman–Crippen LogP) is 5.80. The molecule has 0 saturated carbocycles. The van der Waals surface area contributed by atoms with Crippen LogP contribution < -0.4 is 0 Å². The molecule has 0 aliphatic carbocycles. The van der Waals surface area contributed by atoms with Gasteiger partial charge in [0.1, 0.15) is 0 Å². The third-order valence-electron chi connectivity index (χ3n) is 5.30. The molecular weight excluding hydrogens is 378 g/mol. The van der Waals surface area contributed by atoms with Crippen LogP contribution in [0.4, 0.5) is 0 Å². The highest BCUT2D eigenvalue weighted by molar-refractivity contribution is 8.18. The molecule has 1 aliphatic heterocycles. The van der Waals surface area contributed by atoms with Crippen molar-refractivity contribution in [2.24, 2.45) is 4.99 Å². The van der Waals surface area contributed by atoms with Gasteiger partial charge in [0.05, 0.1) is 4.91 Å². The van der Waals surface area contributed by atoms with Crippen LogP contribution in [0, 0.1) is 27.7 Å². The normalized spacial score (nSPS) is 17.6. The van der Waals surface area contributed by atoms with Crippen LogP contribution in [0.5, 0.6) is 0 Å². The Morgan fingerprint density at radius 1 is 1.07 bits per heavy atom. The lowest BCUT2D eigenvalue weighted by Gasteiger charge is -2.20. The molecule has 29 heavy (non-hydrogen) atoms. The van der Waals surface area contributed by atoms with Gasteiger partial charge < -0.3 is 4.57 Å². The van der Waals surface area contributed by atoms with Crippen molar-refractivity contribution in [2.45, 2.75) is 67.5 Å². The highest BCUT2D eigenvalue weighted by Gasteiger charge is 2.35. The van der Waals surface area contributed by atoms with E-state index >= 15 is 0 Å². The molecule has 1 amide bonds. The Bertz CT molecular complexity index is 1010. The smallest absolute Gasteiger partial charge is 0.266 e. The van der Waals surface area contributed by atoms with Gasteiger partial charge in [-0.15, -0.1) is 0 Å². The molecule has 0 spiro atoms. The van der Waals surface area contributed by atoms with E-state index in [4.69, 9.17) is 0 Å². The first-order chi connectivity index (χ1) is 13.6. The fraction of sp³-hybridized carbons (Fsp3) is 0.417. The maximum absolute atomic E-state index is 13.1. The fourth-order valence-electron chi connectivity index (χ4n) is 3.68. The van der Waals surface area contributed by atoms with Crippen molar-refractivity contribution in [3.8, 4) is 5.69 Å². The van der Waals surface area contributed by atoms with E-state index in [0.29, 0.717) is 0 Å². The highest BCUT2D eigenvalue weighted by atomic mass is 32.2. The van der Waals surface area contributed by atoms with Gasteiger partial charge in [0.25, 0.3) is 5.91 Å². The number of nitrogens with zero attached hydrogens (tertiary/aromatic N) is 3. The second-order valence-electron chi connectivity index (χ2n) is 8.27. The van der Waals surface area contributed by atoms with E-state index < -0.39 is 0 Å². The van der Waals surface area contributed by atoms with E-state index in [2.05, 4.69) is 61.5 Å². The molecule has 5 heteroatoms. The molecule has 0 radical (unpaired) electrons. The zero-order chi connectivity index (χ0) is 21.5. The van der Waals surface area contributed by atoms with Crippen LogP contribution in [0.25, 0.3) is 11.8 Å². The molecule has 1 saturated heterocycles. The van der Waals surface area contributed by atoms with Crippen LogP contribution in [0.15, 0.2) is 34.2 Å². The average Bonchev–Trinajstić information content (AvgIpc) is 3.07. The molecule has 2 aromatic rings. The quantitative estimate of drug-likeness (QED) is 0.599. The summed E-state index contributed by atoms with van der Waals surface area (Å²) in [5, 5.41) is 0.801. The topological polar surface area (TPSA) is 37.6 Å². The number of thioether (sulfide) groups is 1. The number of aliphatic imine (C=N–C) groups is 1. The number of amides is 1. The summed E-state index contributed by atoms with van der Waals surface area (Å²) in [5.74, 6) is 0.0425. The maximum Gasteiger partial charge on any atom is 0.266 e. The molecule has 0 N–H and O–H groups in total. The molecule has 0 atom stereocenters. The van der Waals surface area contributed by atoms with E-state index in [1.165, 1.54) is 28.6 Å². The lowest BCUT2D eigenvalue weighted by atomic mass is 10.1. The van der Waals surface area contributed by atoms with Gasteiger partial charge in [-0.25, -0.2) is 0 Å². The van der Waals surface area contributed by atoms with Crippen LogP contribution >= 0.6 is 11.8 Å². The Balaban J connectivity index is 2.06. The Morgan fingerprint density at radius 3 is 2.38 bits per heavy atom. The number of carbonyl (C=O) groups is 1. The number of benzene rings is 1. The lowest BCUT2D eigenvalue weighted by molar-refractivity contribution is -0.123. The van der Waals surface area contributed by atoms with Gasteiger partial charge in [0, 0.05) is 29.2 Å². The highest BCUT2D eigenvalue weighted by Crippen LogP contribution is 2.35. The van der Waals surface area contributed by atoms with Crippen LogP contribution in [-0.2, 0) is 4.79 Å². The number of amidine groups is 1. The first kappa shape index (κ1) is 21.4. The van der Waals surface area contributed by atoms with E-state index in [9.17, 15) is 4.79 Å². The van der Waals surface area contributed by atoms with Crippen LogP contribution in [0.2, 0.25) is 0 Å². The molecule has 1 aliphatic rings. The van der Waals surface area contributed by atoms with Crippen molar-refractivity contribution >= 4 is 28.9 Å². The minimum Gasteiger partial charge on any atom is -0.318 e. The third-order valence-corrected chi connectivity index (χ3v) is 6.29. The molecule has 1 aromatic heterocycles. The van der Waals surface area contributed by atoms with Crippen molar-refractivity contribution in [1.82, 2.24) is 9.47 Å². The summed E-state index contributed by atoms with van der Waals surface area (Å²) in [5.41, 5.74) is 7.13. The zero-order valence-corrected chi connectivity index (χ0v) is 19.5. The first-order valence-corrected chi connectivity index (χ1v) is 11.0. The molecule has 1 fully saturated rings. The van der Waals surface area contributed by atoms with Gasteiger partial charge in [-0.3, -0.25) is 14.7 Å². The summed E-state index contributed by atoms with van der Waals surface area (Å²) in [4.78, 5) is 20.3. The van der Waals surface area contributed by atoms with Gasteiger partial charge in [0.15, 0.2) is 5.17 Å². The first-order valence-electron chi connectivity index (χ1n) is 10.2. The number of hydrogen-bond donors (Lipinski definition) is 0. The number of carbonyl (C=O) groups excluding carboxylic acids is 1. The average molecular weight is 410 g/mol. The molecule has 154 valence electrons. The molecule has 1 aromatic carbocycles. The second-order valence-corrected chi connectivity index (χ2v) is 9.27. The van der Waals surface area contributed by atoms with Crippen molar-refractivity contribution < 1.29 is 4.79 Å². The summed E-state index contributed by atoms with van der Waals surface area (Å²) < 4.78 is 2.28. The van der Waals surface area contributed by atoms with Crippen LogP contribution in [-0.4, -0.2) is 32.6 Å². The number of hydrogen-bond acceptors (Lipinski definition) is 3. The van der Waals surface area contributed by atoms with Gasteiger partial charge in [-0.1, -0.05) is 12.1 Å². The fourth-order valence-corrected chi connectivity index (χ4v) is 4.90. The maximum atomic E-state index is 13.1. The number of aryl methyl sites for hydroxylation is 2. The van der Waals surface area contributed by atoms with Gasteiger partial charge in [-0.2, -0.15) is 0 Å². The molecule has 0 bridgehead atoms. The standard InChI is InChI=1S/C24H31N3OS/c1-14(2)25-24-26(15(3)4)23(28)22(29-24)13-20-12-17(6)27(19(20)8)21-11-9-10-16(5)18(21)7/h9-15H,1-8H3/b22-13+,25-24?. The predicted molar refractivity (Wildman–Crippen MR) is 125 cm³/mol. The monoisotopic (exact) mass is 409 g/mol. The summed E-state index contributed by atoms with van der Waals surface area (Å²) in [6, 6.07) is 8.79. The molecule has 4 nitrogen and oxygen atoms in total.